The van der Waals surface area contributed by atoms with Crippen molar-refractivity contribution < 1.29 is 14.5 Å². The molecule has 0 unspecified atom stereocenters. The van der Waals surface area contributed by atoms with Gasteiger partial charge in [-0.1, -0.05) is 0 Å². The summed E-state index contributed by atoms with van der Waals surface area (Å²) in [5, 5.41) is 10.3. The van der Waals surface area contributed by atoms with Crippen molar-refractivity contribution in [3.05, 3.63) is 39.9 Å². The third-order valence-corrected chi connectivity index (χ3v) is 1.78. The first kappa shape index (κ1) is 11.5. The summed E-state index contributed by atoms with van der Waals surface area (Å²) in [6.07, 6.45) is 0. The SMILES string of the molecule is O=C(OCCCl)c1ccc([N+](=O)[O-])cc1. The lowest BCUT2D eigenvalue weighted by atomic mass is 10.2. The van der Waals surface area contributed by atoms with Gasteiger partial charge in [-0.05, 0) is 12.1 Å². The molecule has 0 fully saturated rings. The number of rotatable bonds is 4. The van der Waals surface area contributed by atoms with Crippen LogP contribution in [-0.2, 0) is 4.74 Å². The molecule has 0 saturated heterocycles. The van der Waals surface area contributed by atoms with E-state index in [2.05, 4.69) is 0 Å². The number of ether oxygens (including phenoxy) is 1. The van der Waals surface area contributed by atoms with Crippen LogP contribution in [-0.4, -0.2) is 23.4 Å². The standard InChI is InChI=1S/C9H8ClNO4/c10-5-6-15-9(12)7-1-3-8(4-2-7)11(13)14/h1-4H,5-6H2. The van der Waals surface area contributed by atoms with Crippen LogP contribution < -0.4 is 0 Å². The molecule has 0 radical (unpaired) electrons. The number of nitrogens with zero attached hydrogens (tertiary/aromatic N) is 1. The highest BCUT2D eigenvalue weighted by molar-refractivity contribution is 6.18. The van der Waals surface area contributed by atoms with Gasteiger partial charge >= 0.3 is 5.97 Å². The van der Waals surface area contributed by atoms with Crippen LogP contribution in [0.4, 0.5) is 5.69 Å². The normalized spacial score (nSPS) is 9.67. The first-order valence-corrected chi connectivity index (χ1v) is 4.66. The molecular weight excluding hydrogens is 222 g/mol. The van der Waals surface area contributed by atoms with Crippen LogP contribution in [0.2, 0.25) is 0 Å². The van der Waals surface area contributed by atoms with Gasteiger partial charge in [0.05, 0.1) is 16.4 Å². The molecule has 1 aromatic rings. The molecule has 6 heteroatoms. The smallest absolute Gasteiger partial charge is 0.338 e. The average Bonchev–Trinajstić information content (AvgIpc) is 2.26. The van der Waals surface area contributed by atoms with Gasteiger partial charge in [0.25, 0.3) is 5.69 Å². The van der Waals surface area contributed by atoms with Gasteiger partial charge in [-0.2, -0.15) is 0 Å². The second kappa shape index (κ2) is 5.31. The van der Waals surface area contributed by atoms with Crippen molar-refractivity contribution in [1.29, 1.82) is 0 Å². The third kappa shape index (κ3) is 3.21. The molecule has 0 spiro atoms. The number of alkyl halides is 1. The van der Waals surface area contributed by atoms with E-state index in [1.165, 1.54) is 24.3 Å². The highest BCUT2D eigenvalue weighted by atomic mass is 35.5. The fraction of sp³-hybridized carbons (Fsp3) is 0.222. The number of esters is 1. The summed E-state index contributed by atoms with van der Waals surface area (Å²) in [5.74, 6) is -0.316. The topological polar surface area (TPSA) is 69.4 Å². The molecule has 5 nitrogen and oxygen atoms in total. The fourth-order valence-corrected chi connectivity index (χ4v) is 1.01. The van der Waals surface area contributed by atoms with Gasteiger partial charge in [-0.3, -0.25) is 10.1 Å². The molecule has 80 valence electrons. The van der Waals surface area contributed by atoms with E-state index in [1.807, 2.05) is 0 Å². The van der Waals surface area contributed by atoms with Gasteiger partial charge in [-0.25, -0.2) is 4.79 Å². The van der Waals surface area contributed by atoms with Crippen LogP contribution in [0.25, 0.3) is 0 Å². The minimum atomic E-state index is -0.537. The lowest BCUT2D eigenvalue weighted by Crippen LogP contribution is -2.07. The summed E-state index contributed by atoms with van der Waals surface area (Å²) in [6, 6.07) is 5.18. The number of carbonyl (C=O) groups is 1. The number of carbonyl (C=O) groups excluding carboxylic acids is 1. The number of halogens is 1. The number of hydrogen-bond donors (Lipinski definition) is 0. The van der Waals surface area contributed by atoms with Gasteiger partial charge in [0.2, 0.25) is 0 Å². The number of non-ortho nitro benzene ring substituents is 1. The quantitative estimate of drug-likeness (QED) is 0.343. The molecule has 0 aliphatic heterocycles. The van der Waals surface area contributed by atoms with Crippen molar-refractivity contribution in [3.8, 4) is 0 Å². The summed E-state index contributed by atoms with van der Waals surface area (Å²) < 4.78 is 4.74. The van der Waals surface area contributed by atoms with Gasteiger partial charge in [-0.15, -0.1) is 11.6 Å². The molecule has 0 atom stereocenters. The molecule has 0 heterocycles. The van der Waals surface area contributed by atoms with Crippen molar-refractivity contribution in [2.45, 2.75) is 0 Å². The van der Waals surface area contributed by atoms with E-state index < -0.39 is 10.9 Å². The average molecular weight is 230 g/mol. The Kier molecular flexibility index (Phi) is 4.05. The van der Waals surface area contributed by atoms with E-state index in [9.17, 15) is 14.9 Å². The Morgan fingerprint density at radius 3 is 2.47 bits per heavy atom. The minimum absolute atomic E-state index is 0.0658. The molecular formula is C9H8ClNO4. The van der Waals surface area contributed by atoms with Crippen molar-refractivity contribution in [2.75, 3.05) is 12.5 Å². The largest absolute Gasteiger partial charge is 0.461 e. The minimum Gasteiger partial charge on any atom is -0.461 e. The van der Waals surface area contributed by atoms with Crippen molar-refractivity contribution in [2.24, 2.45) is 0 Å². The van der Waals surface area contributed by atoms with Crippen molar-refractivity contribution in [3.63, 3.8) is 0 Å². The predicted octanol–water partition coefficient (Wildman–Crippen LogP) is 1.99. The molecule has 0 aromatic heterocycles. The summed E-state index contributed by atoms with van der Waals surface area (Å²) >= 11 is 5.33. The Morgan fingerprint density at radius 2 is 2.00 bits per heavy atom. The summed E-state index contributed by atoms with van der Waals surface area (Å²) in [5.41, 5.74) is 0.203. The molecule has 0 amide bonds. The maximum atomic E-state index is 11.2. The molecule has 15 heavy (non-hydrogen) atoms. The number of nitro benzene ring substituents is 1. The van der Waals surface area contributed by atoms with E-state index >= 15 is 0 Å². The Hall–Kier alpha value is -1.62. The molecule has 1 rings (SSSR count). The van der Waals surface area contributed by atoms with Crippen LogP contribution in [0.15, 0.2) is 24.3 Å². The highest BCUT2D eigenvalue weighted by Crippen LogP contribution is 2.12. The van der Waals surface area contributed by atoms with Crippen LogP contribution in [0.3, 0.4) is 0 Å². The number of hydrogen-bond acceptors (Lipinski definition) is 4. The second-order valence-electron chi connectivity index (χ2n) is 2.63. The second-order valence-corrected chi connectivity index (χ2v) is 3.01. The van der Waals surface area contributed by atoms with Crippen molar-refractivity contribution >= 4 is 23.3 Å². The van der Waals surface area contributed by atoms with Crippen molar-refractivity contribution in [1.82, 2.24) is 0 Å². The third-order valence-electron chi connectivity index (χ3n) is 1.62. The zero-order valence-corrected chi connectivity index (χ0v) is 8.44. The Morgan fingerprint density at radius 1 is 1.40 bits per heavy atom. The Balaban J connectivity index is 2.71. The van der Waals surface area contributed by atoms with Crippen LogP contribution in [0.1, 0.15) is 10.4 Å². The molecule has 0 aliphatic carbocycles. The lowest BCUT2D eigenvalue weighted by molar-refractivity contribution is -0.384. The van der Waals surface area contributed by atoms with Gasteiger partial charge in [0.1, 0.15) is 6.61 Å². The van der Waals surface area contributed by atoms with Crippen LogP contribution >= 0.6 is 11.6 Å². The zero-order valence-electron chi connectivity index (χ0n) is 7.68. The summed E-state index contributed by atoms with van der Waals surface area (Å²) in [6.45, 7) is 0.122. The first-order valence-electron chi connectivity index (χ1n) is 4.12. The summed E-state index contributed by atoms with van der Waals surface area (Å²) in [7, 11) is 0. The molecule has 0 N–H and O–H groups in total. The molecule has 0 bridgehead atoms. The zero-order chi connectivity index (χ0) is 11.3. The van der Waals surface area contributed by atoms with E-state index in [0.29, 0.717) is 0 Å². The van der Waals surface area contributed by atoms with E-state index in [4.69, 9.17) is 16.3 Å². The Bertz CT molecular complexity index is 363. The molecule has 0 saturated carbocycles. The monoisotopic (exact) mass is 229 g/mol. The molecule has 1 aromatic carbocycles. The Labute approximate surface area is 90.8 Å². The van der Waals surface area contributed by atoms with E-state index in [-0.39, 0.29) is 23.7 Å². The van der Waals surface area contributed by atoms with E-state index in [0.717, 1.165) is 0 Å². The number of benzene rings is 1. The van der Waals surface area contributed by atoms with E-state index in [1.54, 1.807) is 0 Å². The lowest BCUT2D eigenvalue weighted by Gasteiger charge is -2.01. The van der Waals surface area contributed by atoms with Gasteiger partial charge in [0, 0.05) is 12.1 Å². The van der Waals surface area contributed by atoms with Crippen LogP contribution in [0.5, 0.6) is 0 Å². The van der Waals surface area contributed by atoms with Crippen LogP contribution in [0, 0.1) is 10.1 Å². The molecule has 0 aliphatic rings. The fourth-order valence-electron chi connectivity index (χ4n) is 0.934. The summed E-state index contributed by atoms with van der Waals surface area (Å²) in [4.78, 5) is 21.0. The predicted molar refractivity (Wildman–Crippen MR) is 54.1 cm³/mol. The van der Waals surface area contributed by atoms with Gasteiger partial charge < -0.3 is 4.74 Å². The first-order chi connectivity index (χ1) is 7.15. The van der Waals surface area contributed by atoms with Gasteiger partial charge in [0.15, 0.2) is 0 Å². The number of nitro groups is 1. The maximum Gasteiger partial charge on any atom is 0.338 e. The highest BCUT2D eigenvalue weighted by Gasteiger charge is 2.09. The maximum absolute atomic E-state index is 11.2.